The van der Waals surface area contributed by atoms with Crippen molar-refractivity contribution in [1.82, 2.24) is 9.55 Å². The van der Waals surface area contributed by atoms with E-state index in [9.17, 15) is 14.4 Å². The van der Waals surface area contributed by atoms with E-state index in [2.05, 4.69) is 10.3 Å². The van der Waals surface area contributed by atoms with Gasteiger partial charge in [-0.05, 0) is 25.5 Å². The first-order chi connectivity index (χ1) is 10.6. The van der Waals surface area contributed by atoms with Gasteiger partial charge >= 0.3 is 0 Å². The maximum Gasteiger partial charge on any atom is 0.277 e. The summed E-state index contributed by atoms with van der Waals surface area (Å²) in [6, 6.07) is 8.13. The second-order valence-corrected chi connectivity index (χ2v) is 5.25. The monoisotopic (exact) mass is 297 g/mol. The lowest BCUT2D eigenvalue weighted by molar-refractivity contribution is -0.119. The number of benzene rings is 1. The fraction of sp³-hybridized carbons (Fsp3) is 0.250. The molecule has 1 N–H and O–H groups in total. The molecule has 1 unspecified atom stereocenters. The number of hydrogen-bond acceptors (Lipinski definition) is 4. The van der Waals surface area contributed by atoms with Crippen LogP contribution in [0.15, 0.2) is 41.3 Å². The lowest BCUT2D eigenvalue weighted by Crippen LogP contribution is -2.30. The molecule has 0 spiro atoms. The number of nitrogens with zero attached hydrogens (tertiary/aromatic N) is 2. The Kier molecular flexibility index (Phi) is 3.58. The Balaban J connectivity index is 1.94. The van der Waals surface area contributed by atoms with Crippen LogP contribution in [0.2, 0.25) is 0 Å². The fourth-order valence-electron chi connectivity index (χ4n) is 2.66. The van der Waals surface area contributed by atoms with Gasteiger partial charge in [-0.1, -0.05) is 18.2 Å². The molecular weight excluding hydrogens is 282 g/mol. The zero-order chi connectivity index (χ0) is 15.7. The van der Waals surface area contributed by atoms with Crippen LogP contribution in [0.1, 0.15) is 35.6 Å². The highest BCUT2D eigenvalue weighted by atomic mass is 16.2. The first kappa shape index (κ1) is 14.2. The zero-order valence-corrected chi connectivity index (χ0v) is 12.1. The van der Waals surface area contributed by atoms with E-state index in [0.717, 1.165) is 0 Å². The molecule has 2 heterocycles. The zero-order valence-electron chi connectivity index (χ0n) is 12.1. The molecule has 0 bridgehead atoms. The minimum absolute atomic E-state index is 0.0748. The molecular formula is C16H15N3O3. The summed E-state index contributed by atoms with van der Waals surface area (Å²) in [5, 5.41) is 2.57. The molecule has 0 aliphatic carbocycles. The molecule has 1 aliphatic rings. The summed E-state index contributed by atoms with van der Waals surface area (Å²) in [7, 11) is 0. The van der Waals surface area contributed by atoms with E-state index in [-0.39, 0.29) is 22.9 Å². The molecule has 1 aromatic heterocycles. The number of hydrogen-bond donors (Lipinski definition) is 1. The number of amides is 1. The van der Waals surface area contributed by atoms with Gasteiger partial charge in [-0.25, -0.2) is 4.98 Å². The molecule has 1 amide bonds. The molecule has 6 nitrogen and oxygen atoms in total. The summed E-state index contributed by atoms with van der Waals surface area (Å²) in [6.07, 6.45) is 2.53. The number of Topliss-reactive ketones (excluding diaryl/α,β-unsaturated/α-hetero) is 1. The number of carbonyl (C=O) groups is 2. The highest BCUT2D eigenvalue weighted by Crippen LogP contribution is 2.23. The van der Waals surface area contributed by atoms with Crippen molar-refractivity contribution in [2.24, 2.45) is 0 Å². The van der Waals surface area contributed by atoms with E-state index in [4.69, 9.17) is 0 Å². The normalized spacial score (nSPS) is 16.1. The Morgan fingerprint density at radius 2 is 2.00 bits per heavy atom. The third-order valence-electron chi connectivity index (χ3n) is 3.78. The molecule has 1 aliphatic heterocycles. The molecule has 1 aromatic carbocycles. The molecule has 112 valence electrons. The van der Waals surface area contributed by atoms with Crippen molar-refractivity contribution in [2.75, 3.05) is 5.32 Å². The maximum atomic E-state index is 12.5. The standard InChI is InChI=1S/C16H15N3O3/c1-10(20)13-7-8-14-17-9-12(16(22)19(13)14)18-15(21)11-5-3-2-4-6-11/h2-6,9,13H,7-8H2,1H3,(H,18,21). The molecule has 6 heteroatoms. The number of aromatic nitrogens is 2. The molecule has 22 heavy (non-hydrogen) atoms. The van der Waals surface area contributed by atoms with E-state index in [0.29, 0.717) is 24.2 Å². The topological polar surface area (TPSA) is 81.1 Å². The van der Waals surface area contributed by atoms with Crippen molar-refractivity contribution in [3.8, 4) is 0 Å². The van der Waals surface area contributed by atoms with Crippen molar-refractivity contribution < 1.29 is 9.59 Å². The van der Waals surface area contributed by atoms with Gasteiger partial charge < -0.3 is 5.32 Å². The molecule has 1 atom stereocenters. The minimum atomic E-state index is -0.483. The van der Waals surface area contributed by atoms with Crippen LogP contribution in [-0.2, 0) is 11.2 Å². The molecule has 2 aromatic rings. The number of ketones is 1. The second-order valence-electron chi connectivity index (χ2n) is 5.25. The number of carbonyl (C=O) groups excluding carboxylic acids is 2. The Morgan fingerprint density at radius 1 is 1.27 bits per heavy atom. The van der Waals surface area contributed by atoms with Crippen molar-refractivity contribution >= 4 is 17.4 Å². The average Bonchev–Trinajstić information content (AvgIpc) is 2.96. The third kappa shape index (κ3) is 2.43. The van der Waals surface area contributed by atoms with Crippen LogP contribution in [0, 0.1) is 0 Å². The predicted octanol–water partition coefficient (Wildman–Crippen LogP) is 1.57. The lowest BCUT2D eigenvalue weighted by atomic mass is 10.1. The van der Waals surface area contributed by atoms with Crippen molar-refractivity contribution in [3.63, 3.8) is 0 Å². The molecule has 3 rings (SSSR count). The van der Waals surface area contributed by atoms with Gasteiger partial charge in [0.05, 0.1) is 12.2 Å². The summed E-state index contributed by atoms with van der Waals surface area (Å²) >= 11 is 0. The highest BCUT2D eigenvalue weighted by molar-refractivity contribution is 6.04. The molecule has 0 saturated heterocycles. The number of fused-ring (bicyclic) bond motifs is 1. The highest BCUT2D eigenvalue weighted by Gasteiger charge is 2.28. The maximum absolute atomic E-state index is 12.5. The van der Waals surface area contributed by atoms with Gasteiger partial charge in [0, 0.05) is 12.0 Å². The Labute approximate surface area is 126 Å². The van der Waals surface area contributed by atoms with Gasteiger partial charge in [0.15, 0.2) is 5.78 Å². The Hall–Kier alpha value is -2.76. The smallest absolute Gasteiger partial charge is 0.277 e. The van der Waals surface area contributed by atoms with Gasteiger partial charge in [0.2, 0.25) is 0 Å². The number of aryl methyl sites for hydroxylation is 1. The third-order valence-corrected chi connectivity index (χ3v) is 3.78. The van der Waals surface area contributed by atoms with Gasteiger partial charge in [-0.15, -0.1) is 0 Å². The Morgan fingerprint density at radius 3 is 2.68 bits per heavy atom. The number of rotatable bonds is 3. The second kappa shape index (κ2) is 5.55. The largest absolute Gasteiger partial charge is 0.316 e. The van der Waals surface area contributed by atoms with Crippen molar-refractivity contribution in [1.29, 1.82) is 0 Å². The quantitative estimate of drug-likeness (QED) is 0.932. The lowest BCUT2D eigenvalue weighted by Gasteiger charge is -2.12. The van der Waals surface area contributed by atoms with Crippen molar-refractivity contribution in [3.05, 3.63) is 58.3 Å². The van der Waals surface area contributed by atoms with Gasteiger partial charge in [-0.3, -0.25) is 19.0 Å². The summed E-state index contributed by atoms with van der Waals surface area (Å²) in [5.41, 5.74) is 0.160. The fourth-order valence-corrected chi connectivity index (χ4v) is 2.66. The minimum Gasteiger partial charge on any atom is -0.316 e. The van der Waals surface area contributed by atoms with E-state index in [1.54, 1.807) is 30.3 Å². The number of anilines is 1. The van der Waals surface area contributed by atoms with E-state index < -0.39 is 6.04 Å². The first-order valence-corrected chi connectivity index (χ1v) is 7.05. The molecule has 0 saturated carbocycles. The van der Waals surface area contributed by atoms with E-state index >= 15 is 0 Å². The van der Waals surface area contributed by atoms with Gasteiger partial charge in [0.1, 0.15) is 11.5 Å². The van der Waals surface area contributed by atoms with Crippen LogP contribution in [0.4, 0.5) is 5.69 Å². The van der Waals surface area contributed by atoms with Crippen molar-refractivity contribution in [2.45, 2.75) is 25.8 Å². The van der Waals surface area contributed by atoms with E-state index in [1.165, 1.54) is 17.7 Å². The van der Waals surface area contributed by atoms with Crippen LogP contribution in [-0.4, -0.2) is 21.2 Å². The van der Waals surface area contributed by atoms with Gasteiger partial charge in [0.25, 0.3) is 11.5 Å². The summed E-state index contributed by atoms with van der Waals surface area (Å²) in [5.74, 6) is 0.134. The van der Waals surface area contributed by atoms with Crippen LogP contribution in [0.5, 0.6) is 0 Å². The van der Waals surface area contributed by atoms with Crippen LogP contribution in [0.25, 0.3) is 0 Å². The first-order valence-electron chi connectivity index (χ1n) is 7.05. The predicted molar refractivity (Wildman–Crippen MR) is 80.9 cm³/mol. The molecule has 0 radical (unpaired) electrons. The van der Waals surface area contributed by atoms with Gasteiger partial charge in [-0.2, -0.15) is 0 Å². The van der Waals surface area contributed by atoms with Crippen LogP contribution >= 0.6 is 0 Å². The van der Waals surface area contributed by atoms with E-state index in [1.807, 2.05) is 0 Å². The SMILES string of the molecule is CC(=O)C1CCc2ncc(NC(=O)c3ccccc3)c(=O)n21. The number of nitrogens with one attached hydrogen (secondary N) is 1. The Bertz CT molecular complexity index is 796. The summed E-state index contributed by atoms with van der Waals surface area (Å²) in [6.45, 7) is 1.46. The van der Waals surface area contributed by atoms with Crippen LogP contribution in [0.3, 0.4) is 0 Å². The summed E-state index contributed by atoms with van der Waals surface area (Å²) in [4.78, 5) is 40.5. The van der Waals surface area contributed by atoms with Crippen LogP contribution < -0.4 is 10.9 Å². The average molecular weight is 297 g/mol. The molecule has 0 fully saturated rings. The summed E-state index contributed by atoms with van der Waals surface area (Å²) < 4.78 is 1.39.